The Labute approximate surface area is 113 Å². The van der Waals surface area contributed by atoms with Crippen molar-refractivity contribution in [2.75, 3.05) is 5.32 Å². The second-order valence-electron chi connectivity index (χ2n) is 3.80. The summed E-state index contributed by atoms with van der Waals surface area (Å²) in [4.78, 5) is 30.2. The first-order valence-electron chi connectivity index (χ1n) is 5.48. The molecule has 0 aliphatic rings. The zero-order valence-corrected chi connectivity index (χ0v) is 10.7. The number of aromatic nitrogens is 2. The fourth-order valence-electron chi connectivity index (χ4n) is 1.45. The molecule has 0 aliphatic heterocycles. The van der Waals surface area contributed by atoms with Crippen molar-refractivity contribution in [1.82, 2.24) is 9.97 Å². The van der Waals surface area contributed by atoms with Crippen molar-refractivity contribution in [3.05, 3.63) is 41.2 Å². The summed E-state index contributed by atoms with van der Waals surface area (Å²) in [7, 11) is 0. The van der Waals surface area contributed by atoms with Gasteiger partial charge in [0, 0.05) is 17.8 Å². The van der Waals surface area contributed by atoms with Crippen LogP contribution in [0.3, 0.4) is 0 Å². The van der Waals surface area contributed by atoms with Crippen molar-refractivity contribution in [2.24, 2.45) is 0 Å². The van der Waals surface area contributed by atoms with Gasteiger partial charge in [0.05, 0.1) is 18.5 Å². The fourth-order valence-corrected chi connectivity index (χ4v) is 2.18. The third kappa shape index (κ3) is 4.14. The van der Waals surface area contributed by atoms with Crippen LogP contribution in [0.5, 0.6) is 0 Å². The molecular formula is C12H11N3O3S. The number of nitrogens with zero attached hydrogens (tertiary/aromatic N) is 2. The number of anilines is 1. The quantitative estimate of drug-likeness (QED) is 0.860. The minimum atomic E-state index is -0.946. The summed E-state index contributed by atoms with van der Waals surface area (Å²) in [5.41, 5.74) is 1.25. The highest BCUT2D eigenvalue weighted by Crippen LogP contribution is 2.16. The van der Waals surface area contributed by atoms with E-state index in [2.05, 4.69) is 15.3 Å². The van der Waals surface area contributed by atoms with Crippen molar-refractivity contribution in [3.63, 3.8) is 0 Å². The molecule has 0 fully saturated rings. The number of amides is 1. The Kier molecular flexibility index (Phi) is 4.19. The molecule has 0 atom stereocenters. The first kappa shape index (κ1) is 13.2. The Morgan fingerprint density at radius 3 is 2.89 bits per heavy atom. The van der Waals surface area contributed by atoms with Gasteiger partial charge in [-0.05, 0) is 11.6 Å². The van der Waals surface area contributed by atoms with Gasteiger partial charge in [0.1, 0.15) is 0 Å². The molecule has 0 aromatic carbocycles. The minimum Gasteiger partial charge on any atom is -0.481 e. The fraction of sp³-hybridized carbons (Fsp3) is 0.167. The second kappa shape index (κ2) is 6.05. The predicted octanol–water partition coefficient (Wildman–Crippen LogP) is 1.35. The Balaban J connectivity index is 1.92. The van der Waals surface area contributed by atoms with Crippen molar-refractivity contribution in [2.45, 2.75) is 12.8 Å². The summed E-state index contributed by atoms with van der Waals surface area (Å²) in [5.74, 6) is -1.15. The molecule has 19 heavy (non-hydrogen) atoms. The first-order valence-corrected chi connectivity index (χ1v) is 6.36. The van der Waals surface area contributed by atoms with Gasteiger partial charge in [-0.25, -0.2) is 4.98 Å². The highest BCUT2D eigenvalue weighted by molar-refractivity contribution is 7.13. The van der Waals surface area contributed by atoms with Crippen molar-refractivity contribution < 1.29 is 14.7 Å². The Morgan fingerprint density at radius 1 is 1.37 bits per heavy atom. The summed E-state index contributed by atoms with van der Waals surface area (Å²) in [6.45, 7) is 0. The van der Waals surface area contributed by atoms with Gasteiger partial charge in [-0.2, -0.15) is 0 Å². The molecule has 0 saturated carbocycles. The van der Waals surface area contributed by atoms with Gasteiger partial charge in [0.15, 0.2) is 5.13 Å². The summed E-state index contributed by atoms with van der Waals surface area (Å²) in [6.07, 6.45) is 3.33. The molecule has 0 bridgehead atoms. The van der Waals surface area contributed by atoms with Gasteiger partial charge >= 0.3 is 5.97 Å². The van der Waals surface area contributed by atoms with Gasteiger partial charge < -0.3 is 10.4 Å². The van der Waals surface area contributed by atoms with Gasteiger partial charge in [-0.1, -0.05) is 6.07 Å². The van der Waals surface area contributed by atoms with Crippen LogP contribution in [-0.2, 0) is 22.4 Å². The van der Waals surface area contributed by atoms with Crippen LogP contribution in [0.4, 0.5) is 5.13 Å². The lowest BCUT2D eigenvalue weighted by Crippen LogP contribution is -2.14. The number of pyridine rings is 1. The molecule has 7 heteroatoms. The largest absolute Gasteiger partial charge is 0.481 e. The summed E-state index contributed by atoms with van der Waals surface area (Å²) >= 11 is 1.21. The molecule has 98 valence electrons. The zero-order valence-electron chi connectivity index (χ0n) is 9.87. The average molecular weight is 277 g/mol. The maximum Gasteiger partial charge on any atom is 0.309 e. The number of nitrogens with one attached hydrogen (secondary N) is 1. The SMILES string of the molecule is O=C(O)Cc1csc(NC(=O)Cc2cccnc2)n1. The normalized spacial score (nSPS) is 10.1. The molecule has 0 spiro atoms. The highest BCUT2D eigenvalue weighted by Gasteiger charge is 2.09. The molecule has 2 aromatic heterocycles. The molecule has 2 aromatic rings. The number of carbonyl (C=O) groups excluding carboxylic acids is 1. The second-order valence-corrected chi connectivity index (χ2v) is 4.66. The number of carboxylic acid groups (broad SMARTS) is 1. The average Bonchev–Trinajstić information content (AvgIpc) is 2.76. The van der Waals surface area contributed by atoms with E-state index in [1.807, 2.05) is 6.07 Å². The number of hydrogen-bond donors (Lipinski definition) is 2. The Morgan fingerprint density at radius 2 is 2.21 bits per heavy atom. The van der Waals surface area contributed by atoms with Gasteiger partial charge in [0.2, 0.25) is 5.91 Å². The predicted molar refractivity (Wildman–Crippen MR) is 70.0 cm³/mol. The molecule has 6 nitrogen and oxygen atoms in total. The van der Waals surface area contributed by atoms with Crippen LogP contribution in [-0.4, -0.2) is 27.0 Å². The molecule has 1 amide bonds. The van der Waals surface area contributed by atoms with Gasteiger partial charge in [-0.15, -0.1) is 11.3 Å². The third-order valence-corrected chi connectivity index (χ3v) is 3.02. The topological polar surface area (TPSA) is 92.2 Å². The van der Waals surface area contributed by atoms with E-state index in [4.69, 9.17) is 5.11 Å². The van der Waals surface area contributed by atoms with E-state index in [0.717, 1.165) is 5.56 Å². The molecule has 0 radical (unpaired) electrons. The number of hydrogen-bond acceptors (Lipinski definition) is 5. The van der Waals surface area contributed by atoms with Crippen molar-refractivity contribution >= 4 is 28.3 Å². The molecular weight excluding hydrogens is 266 g/mol. The number of thiazole rings is 1. The first-order chi connectivity index (χ1) is 9.13. The zero-order chi connectivity index (χ0) is 13.7. The summed E-state index contributed by atoms with van der Waals surface area (Å²) in [6, 6.07) is 3.57. The highest BCUT2D eigenvalue weighted by atomic mass is 32.1. The van der Waals surface area contributed by atoms with Crippen LogP contribution in [0.1, 0.15) is 11.3 Å². The van der Waals surface area contributed by atoms with Crippen LogP contribution in [0, 0.1) is 0 Å². The standard InChI is InChI=1S/C12H11N3O3S/c16-10(4-8-2-1-3-13-6-8)15-12-14-9(7-19-12)5-11(17)18/h1-3,6-7H,4-5H2,(H,17,18)(H,14,15,16). The van der Waals surface area contributed by atoms with Crippen LogP contribution >= 0.6 is 11.3 Å². The van der Waals surface area contributed by atoms with E-state index in [9.17, 15) is 9.59 Å². The van der Waals surface area contributed by atoms with E-state index >= 15 is 0 Å². The Bertz CT molecular complexity index is 583. The van der Waals surface area contributed by atoms with E-state index in [1.165, 1.54) is 11.3 Å². The van der Waals surface area contributed by atoms with Crippen LogP contribution in [0.2, 0.25) is 0 Å². The van der Waals surface area contributed by atoms with E-state index in [0.29, 0.717) is 10.8 Å². The monoisotopic (exact) mass is 277 g/mol. The Hall–Kier alpha value is -2.28. The lowest BCUT2D eigenvalue weighted by Gasteiger charge is -2.01. The van der Waals surface area contributed by atoms with Gasteiger partial charge in [-0.3, -0.25) is 14.6 Å². The maximum absolute atomic E-state index is 11.7. The number of rotatable bonds is 5. The van der Waals surface area contributed by atoms with Gasteiger partial charge in [0.25, 0.3) is 0 Å². The lowest BCUT2D eigenvalue weighted by molar-refractivity contribution is -0.136. The van der Waals surface area contributed by atoms with Crippen molar-refractivity contribution in [1.29, 1.82) is 0 Å². The molecule has 2 rings (SSSR count). The van der Waals surface area contributed by atoms with Crippen molar-refractivity contribution in [3.8, 4) is 0 Å². The maximum atomic E-state index is 11.7. The molecule has 0 unspecified atom stereocenters. The molecule has 0 aliphatic carbocycles. The summed E-state index contributed by atoms with van der Waals surface area (Å²) < 4.78 is 0. The lowest BCUT2D eigenvalue weighted by atomic mass is 10.2. The molecule has 0 saturated heterocycles. The van der Waals surface area contributed by atoms with Crippen LogP contribution in [0.25, 0.3) is 0 Å². The minimum absolute atomic E-state index is 0.144. The number of carbonyl (C=O) groups is 2. The molecule has 2 N–H and O–H groups in total. The summed E-state index contributed by atoms with van der Waals surface area (Å²) in [5, 5.41) is 13.3. The van der Waals surface area contributed by atoms with E-state index < -0.39 is 5.97 Å². The number of aliphatic carboxylic acids is 1. The van der Waals surface area contributed by atoms with Crippen LogP contribution in [0.15, 0.2) is 29.9 Å². The van der Waals surface area contributed by atoms with Crippen LogP contribution < -0.4 is 5.32 Å². The molecule has 2 heterocycles. The smallest absolute Gasteiger partial charge is 0.309 e. The third-order valence-electron chi connectivity index (χ3n) is 2.22. The van der Waals surface area contributed by atoms with E-state index in [1.54, 1.807) is 23.8 Å². The number of carboxylic acids is 1. The van der Waals surface area contributed by atoms with E-state index in [-0.39, 0.29) is 18.7 Å².